The van der Waals surface area contributed by atoms with Crippen LogP contribution in [0.5, 0.6) is 0 Å². The molecule has 2 saturated carbocycles. The fourth-order valence-corrected chi connectivity index (χ4v) is 6.62. The number of hydrogen-bond donors (Lipinski definition) is 0. The summed E-state index contributed by atoms with van der Waals surface area (Å²) in [5, 5.41) is 0. The first kappa shape index (κ1) is 19.7. The van der Waals surface area contributed by atoms with Gasteiger partial charge in [0.1, 0.15) is 0 Å². The minimum atomic E-state index is 0.629. The van der Waals surface area contributed by atoms with Gasteiger partial charge in [0.15, 0.2) is 0 Å². The summed E-state index contributed by atoms with van der Waals surface area (Å²) in [4.78, 5) is 0. The molecular weight excluding hydrogens is 312 g/mol. The summed E-state index contributed by atoms with van der Waals surface area (Å²) in [6.45, 7) is 17.8. The minimum Gasteiger partial charge on any atom is -0.0955 e. The molecule has 26 heavy (non-hydrogen) atoms. The van der Waals surface area contributed by atoms with Crippen LogP contribution in [0.4, 0.5) is 0 Å². The summed E-state index contributed by atoms with van der Waals surface area (Å²) in [5.74, 6) is 3.69. The smallest absolute Gasteiger partial charge is 0.0128 e. The summed E-state index contributed by atoms with van der Waals surface area (Å²) < 4.78 is 0. The molecule has 2 fully saturated rings. The average Bonchev–Trinajstić information content (AvgIpc) is 2.97. The molecule has 0 nitrogen and oxygen atoms in total. The molecule has 3 aliphatic rings. The maximum atomic E-state index is 4.23. The van der Waals surface area contributed by atoms with Gasteiger partial charge in [0.05, 0.1) is 0 Å². The van der Waals surface area contributed by atoms with Gasteiger partial charge >= 0.3 is 0 Å². The second-order valence-electron chi connectivity index (χ2n) is 9.28. The Labute approximate surface area is 162 Å². The molecule has 0 spiro atoms. The van der Waals surface area contributed by atoms with Crippen molar-refractivity contribution in [3.8, 4) is 0 Å². The van der Waals surface area contributed by atoms with Crippen LogP contribution in [0.1, 0.15) is 102 Å². The first-order valence-electron chi connectivity index (χ1n) is 11.3. The van der Waals surface area contributed by atoms with Crippen molar-refractivity contribution in [2.75, 3.05) is 0 Å². The Morgan fingerprint density at radius 1 is 1.15 bits per heavy atom. The van der Waals surface area contributed by atoms with Crippen LogP contribution in [0.25, 0.3) is 5.57 Å². The standard InChI is InChI=1S/C24H34.C2H6/c1-6-17-13-22-18(14-21(17)15(2)3)8-9-20-19(22)11-12-24(5)16(4)7-10-23(20)24;1-2/h13-14,16,19-20,23H,2,6-12H2,1,3-5H3;1-2H3. The van der Waals surface area contributed by atoms with Crippen LogP contribution in [-0.4, -0.2) is 0 Å². The third kappa shape index (κ3) is 2.98. The summed E-state index contributed by atoms with van der Waals surface area (Å²) >= 11 is 0. The van der Waals surface area contributed by atoms with Gasteiger partial charge in [-0.15, -0.1) is 0 Å². The van der Waals surface area contributed by atoms with Crippen molar-refractivity contribution in [3.63, 3.8) is 0 Å². The normalized spacial score (nSPS) is 34.8. The van der Waals surface area contributed by atoms with Gasteiger partial charge in [-0.25, -0.2) is 0 Å². The Morgan fingerprint density at radius 2 is 1.88 bits per heavy atom. The summed E-state index contributed by atoms with van der Waals surface area (Å²) in [5.41, 5.74) is 8.16. The molecule has 4 rings (SSSR count). The van der Waals surface area contributed by atoms with E-state index in [0.717, 1.165) is 30.1 Å². The number of allylic oxidation sites excluding steroid dienone is 1. The molecule has 0 saturated heterocycles. The van der Waals surface area contributed by atoms with Crippen LogP contribution in [0.15, 0.2) is 18.7 Å². The largest absolute Gasteiger partial charge is 0.0955 e. The van der Waals surface area contributed by atoms with E-state index in [1.165, 1.54) is 55.2 Å². The molecule has 0 bridgehead atoms. The van der Waals surface area contributed by atoms with E-state index in [4.69, 9.17) is 0 Å². The lowest BCUT2D eigenvalue weighted by Gasteiger charge is -2.51. The Bertz CT molecular complexity index is 667. The Balaban J connectivity index is 0.000000948. The third-order valence-electron chi connectivity index (χ3n) is 8.26. The second kappa shape index (κ2) is 7.53. The molecule has 5 unspecified atom stereocenters. The van der Waals surface area contributed by atoms with E-state index < -0.39 is 0 Å². The maximum Gasteiger partial charge on any atom is -0.0128 e. The van der Waals surface area contributed by atoms with E-state index in [1.54, 1.807) is 11.1 Å². The topological polar surface area (TPSA) is 0 Å². The highest BCUT2D eigenvalue weighted by Crippen LogP contribution is 2.62. The Kier molecular flexibility index (Phi) is 5.71. The lowest BCUT2D eigenvalue weighted by Crippen LogP contribution is -2.41. The molecule has 3 aliphatic carbocycles. The van der Waals surface area contributed by atoms with E-state index in [0.29, 0.717) is 5.41 Å². The van der Waals surface area contributed by atoms with Crippen LogP contribution in [-0.2, 0) is 12.8 Å². The van der Waals surface area contributed by atoms with E-state index in [1.807, 2.05) is 13.8 Å². The summed E-state index contributed by atoms with van der Waals surface area (Å²) in [7, 11) is 0. The van der Waals surface area contributed by atoms with Crippen LogP contribution < -0.4 is 0 Å². The molecule has 1 aromatic carbocycles. The number of fused-ring (bicyclic) bond motifs is 5. The van der Waals surface area contributed by atoms with Crippen molar-refractivity contribution < 1.29 is 0 Å². The predicted molar refractivity (Wildman–Crippen MR) is 116 cm³/mol. The SMILES string of the molecule is C=C(C)c1cc2c(cc1CC)C1CCC3(C)C(C)CCC3C1CC2.CC. The monoisotopic (exact) mass is 352 g/mol. The molecule has 144 valence electrons. The van der Waals surface area contributed by atoms with Crippen LogP contribution >= 0.6 is 0 Å². The molecular formula is C26H40. The highest BCUT2D eigenvalue weighted by molar-refractivity contribution is 5.66. The van der Waals surface area contributed by atoms with Gasteiger partial charge in [0.2, 0.25) is 0 Å². The van der Waals surface area contributed by atoms with Crippen molar-refractivity contribution in [1.82, 2.24) is 0 Å². The van der Waals surface area contributed by atoms with Crippen LogP contribution in [0, 0.1) is 23.2 Å². The van der Waals surface area contributed by atoms with E-state index in [2.05, 4.69) is 46.4 Å². The first-order chi connectivity index (χ1) is 12.5. The first-order valence-corrected chi connectivity index (χ1v) is 11.3. The van der Waals surface area contributed by atoms with Gasteiger partial charge in [-0.1, -0.05) is 58.9 Å². The third-order valence-corrected chi connectivity index (χ3v) is 8.26. The van der Waals surface area contributed by atoms with Crippen LogP contribution in [0.2, 0.25) is 0 Å². The number of rotatable bonds is 2. The highest BCUT2D eigenvalue weighted by Gasteiger charge is 2.53. The van der Waals surface area contributed by atoms with Gasteiger partial charge in [-0.2, -0.15) is 0 Å². The van der Waals surface area contributed by atoms with Gasteiger partial charge in [0, 0.05) is 0 Å². The summed E-state index contributed by atoms with van der Waals surface area (Å²) in [6.07, 6.45) is 9.66. The van der Waals surface area contributed by atoms with Gasteiger partial charge in [-0.05, 0) is 103 Å². The van der Waals surface area contributed by atoms with E-state index in [9.17, 15) is 0 Å². The molecule has 0 heteroatoms. The second-order valence-corrected chi connectivity index (χ2v) is 9.28. The van der Waals surface area contributed by atoms with Crippen LogP contribution in [0.3, 0.4) is 0 Å². The van der Waals surface area contributed by atoms with Gasteiger partial charge in [0.25, 0.3) is 0 Å². The molecule has 0 radical (unpaired) electrons. The summed E-state index contributed by atoms with van der Waals surface area (Å²) in [6, 6.07) is 5.08. The lowest BCUT2D eigenvalue weighted by molar-refractivity contribution is 0.0336. The zero-order valence-electron chi connectivity index (χ0n) is 18.1. The molecule has 0 aliphatic heterocycles. The fraction of sp³-hybridized carbons (Fsp3) is 0.692. The highest BCUT2D eigenvalue weighted by atomic mass is 14.6. The predicted octanol–water partition coefficient (Wildman–Crippen LogP) is 7.80. The van der Waals surface area contributed by atoms with E-state index in [-0.39, 0.29) is 0 Å². The quantitative estimate of drug-likeness (QED) is 0.509. The molecule has 0 aromatic heterocycles. The molecule has 1 aromatic rings. The minimum absolute atomic E-state index is 0.629. The molecule has 0 heterocycles. The molecule has 5 atom stereocenters. The van der Waals surface area contributed by atoms with E-state index >= 15 is 0 Å². The van der Waals surface area contributed by atoms with Gasteiger partial charge < -0.3 is 0 Å². The zero-order valence-corrected chi connectivity index (χ0v) is 18.1. The van der Waals surface area contributed by atoms with Gasteiger partial charge in [-0.3, -0.25) is 0 Å². The average molecular weight is 353 g/mol. The van der Waals surface area contributed by atoms with Crippen molar-refractivity contribution in [2.24, 2.45) is 23.2 Å². The molecule has 0 amide bonds. The zero-order chi connectivity index (χ0) is 19.1. The number of hydrogen-bond acceptors (Lipinski definition) is 0. The molecule has 0 N–H and O–H groups in total. The van der Waals surface area contributed by atoms with Crippen molar-refractivity contribution >= 4 is 5.57 Å². The lowest BCUT2D eigenvalue weighted by atomic mass is 9.54. The Hall–Kier alpha value is -1.04. The number of aryl methyl sites for hydroxylation is 2. The Morgan fingerprint density at radius 3 is 2.54 bits per heavy atom. The number of benzene rings is 1. The maximum absolute atomic E-state index is 4.23. The fourth-order valence-electron chi connectivity index (χ4n) is 6.62. The van der Waals surface area contributed by atoms with Crippen molar-refractivity contribution in [3.05, 3.63) is 41.0 Å². The van der Waals surface area contributed by atoms with Crippen molar-refractivity contribution in [1.29, 1.82) is 0 Å². The van der Waals surface area contributed by atoms with Crippen molar-refractivity contribution in [2.45, 2.75) is 92.4 Å².